The molecule has 0 saturated carbocycles. The molecular formula is C10H16N2O. The Labute approximate surface area is 78.7 Å². The third-order valence-electron chi connectivity index (χ3n) is 3.94. The summed E-state index contributed by atoms with van der Waals surface area (Å²) < 4.78 is 0. The number of fused-ring (bicyclic) bond motifs is 3. The smallest absolute Gasteiger partial charge is 0.225 e. The first-order chi connectivity index (χ1) is 6.22. The van der Waals surface area contributed by atoms with E-state index in [1.165, 1.54) is 25.9 Å². The van der Waals surface area contributed by atoms with Crippen molar-refractivity contribution in [3.05, 3.63) is 0 Å². The van der Waals surface area contributed by atoms with Crippen LogP contribution < -0.4 is 0 Å². The van der Waals surface area contributed by atoms with E-state index in [1.54, 1.807) is 0 Å². The van der Waals surface area contributed by atoms with Gasteiger partial charge in [0.15, 0.2) is 0 Å². The van der Waals surface area contributed by atoms with Gasteiger partial charge in [-0.1, -0.05) is 0 Å². The molecule has 13 heavy (non-hydrogen) atoms. The van der Waals surface area contributed by atoms with Crippen LogP contribution in [0.15, 0.2) is 0 Å². The number of hydrogen-bond acceptors (Lipinski definition) is 2. The van der Waals surface area contributed by atoms with Crippen molar-refractivity contribution in [1.29, 1.82) is 0 Å². The summed E-state index contributed by atoms with van der Waals surface area (Å²) in [6.07, 6.45) is 3.23. The zero-order valence-electron chi connectivity index (χ0n) is 8.12. The van der Waals surface area contributed by atoms with Gasteiger partial charge in [-0.05, 0) is 26.3 Å². The van der Waals surface area contributed by atoms with E-state index in [1.807, 2.05) is 0 Å². The number of rotatable bonds is 0. The van der Waals surface area contributed by atoms with E-state index in [0.717, 1.165) is 13.0 Å². The van der Waals surface area contributed by atoms with Crippen LogP contribution in [0.3, 0.4) is 0 Å². The minimum atomic E-state index is 0.206. The van der Waals surface area contributed by atoms with Crippen molar-refractivity contribution in [2.75, 3.05) is 19.6 Å². The van der Waals surface area contributed by atoms with E-state index in [2.05, 4.69) is 16.7 Å². The molecule has 3 aliphatic heterocycles. The molecule has 3 rings (SSSR count). The Morgan fingerprint density at radius 3 is 2.92 bits per heavy atom. The molecule has 0 aromatic rings. The Kier molecular flexibility index (Phi) is 1.36. The van der Waals surface area contributed by atoms with Crippen molar-refractivity contribution in [2.24, 2.45) is 0 Å². The first kappa shape index (κ1) is 7.80. The van der Waals surface area contributed by atoms with Crippen LogP contribution in [-0.4, -0.2) is 46.9 Å². The van der Waals surface area contributed by atoms with E-state index in [9.17, 15) is 4.79 Å². The second kappa shape index (κ2) is 2.27. The molecule has 3 aliphatic rings. The van der Waals surface area contributed by atoms with Gasteiger partial charge in [0.05, 0.1) is 12.0 Å². The van der Waals surface area contributed by atoms with Gasteiger partial charge in [-0.3, -0.25) is 9.69 Å². The fourth-order valence-electron chi connectivity index (χ4n) is 2.97. The average molecular weight is 180 g/mol. The monoisotopic (exact) mass is 180 g/mol. The molecule has 0 bridgehead atoms. The summed E-state index contributed by atoms with van der Waals surface area (Å²) >= 11 is 0. The second-order valence-electron chi connectivity index (χ2n) is 4.80. The summed E-state index contributed by atoms with van der Waals surface area (Å²) in [5, 5.41) is 0. The molecule has 0 N–H and O–H groups in total. The molecule has 72 valence electrons. The molecule has 3 nitrogen and oxygen atoms in total. The van der Waals surface area contributed by atoms with Crippen molar-refractivity contribution in [3.8, 4) is 0 Å². The Morgan fingerprint density at radius 1 is 1.38 bits per heavy atom. The lowest BCUT2D eigenvalue weighted by Crippen LogP contribution is -2.66. The third-order valence-corrected chi connectivity index (χ3v) is 3.94. The molecular weight excluding hydrogens is 164 g/mol. The fraction of sp³-hybridized carbons (Fsp3) is 0.900. The number of β-lactam (4-membered cyclic amide) rings is 1. The molecule has 0 aromatic carbocycles. The highest BCUT2D eigenvalue weighted by Gasteiger charge is 2.59. The predicted octanol–water partition coefficient (Wildman–Crippen LogP) is 0.455. The summed E-state index contributed by atoms with van der Waals surface area (Å²) in [7, 11) is 0. The predicted molar refractivity (Wildman–Crippen MR) is 49.3 cm³/mol. The molecule has 3 heteroatoms. The van der Waals surface area contributed by atoms with Gasteiger partial charge in [0.2, 0.25) is 5.91 Å². The normalized spacial score (nSPS) is 48.4. The highest BCUT2D eigenvalue weighted by atomic mass is 16.2. The minimum absolute atomic E-state index is 0.206. The average Bonchev–Trinajstić information content (AvgIpc) is 2.81. The Morgan fingerprint density at radius 2 is 2.15 bits per heavy atom. The first-order valence-electron chi connectivity index (χ1n) is 5.26. The molecule has 0 aliphatic carbocycles. The van der Waals surface area contributed by atoms with Crippen LogP contribution in [0.4, 0.5) is 0 Å². The van der Waals surface area contributed by atoms with Crippen LogP contribution in [-0.2, 0) is 4.79 Å². The maximum absolute atomic E-state index is 11.4. The van der Waals surface area contributed by atoms with Crippen molar-refractivity contribution in [1.82, 2.24) is 9.80 Å². The van der Waals surface area contributed by atoms with E-state index < -0.39 is 0 Å². The van der Waals surface area contributed by atoms with Crippen LogP contribution in [0, 0.1) is 0 Å². The van der Waals surface area contributed by atoms with Gasteiger partial charge < -0.3 is 4.90 Å². The van der Waals surface area contributed by atoms with Crippen molar-refractivity contribution in [3.63, 3.8) is 0 Å². The standard InChI is InChI=1S/C10H16N2O/c1-10-6-9(13)12(10)5-3-2-4-11-7-8(10)11/h8H,2-7H2,1H3. The molecule has 3 fully saturated rings. The summed E-state index contributed by atoms with van der Waals surface area (Å²) in [6.45, 7) is 5.73. The number of amides is 1. The third kappa shape index (κ3) is 0.909. The molecule has 0 radical (unpaired) electrons. The summed E-state index contributed by atoms with van der Waals surface area (Å²) in [4.78, 5) is 16.0. The number of carbonyl (C=O) groups is 1. The van der Waals surface area contributed by atoms with Crippen molar-refractivity contribution in [2.45, 2.75) is 37.8 Å². The maximum atomic E-state index is 11.4. The van der Waals surface area contributed by atoms with E-state index >= 15 is 0 Å². The van der Waals surface area contributed by atoms with Gasteiger partial charge in [0.1, 0.15) is 0 Å². The van der Waals surface area contributed by atoms with E-state index in [4.69, 9.17) is 0 Å². The quantitative estimate of drug-likeness (QED) is 0.399. The summed E-state index contributed by atoms with van der Waals surface area (Å²) in [5.74, 6) is 0.372. The van der Waals surface area contributed by atoms with Crippen LogP contribution >= 0.6 is 0 Å². The summed E-state index contributed by atoms with van der Waals surface area (Å²) in [6, 6.07) is 0.686. The van der Waals surface area contributed by atoms with Gasteiger partial charge in [0.25, 0.3) is 0 Å². The molecule has 3 atom stereocenters. The zero-order valence-corrected chi connectivity index (χ0v) is 8.12. The van der Waals surface area contributed by atoms with Gasteiger partial charge in [-0.25, -0.2) is 0 Å². The lowest BCUT2D eigenvalue weighted by molar-refractivity contribution is -0.156. The minimum Gasteiger partial charge on any atom is -0.335 e. The van der Waals surface area contributed by atoms with Gasteiger partial charge in [0, 0.05) is 19.1 Å². The lowest BCUT2D eigenvalue weighted by atomic mass is 9.81. The fourth-order valence-corrected chi connectivity index (χ4v) is 2.97. The van der Waals surface area contributed by atoms with Gasteiger partial charge >= 0.3 is 0 Å². The largest absolute Gasteiger partial charge is 0.335 e. The Balaban J connectivity index is 1.84. The van der Waals surface area contributed by atoms with Crippen LogP contribution in [0.5, 0.6) is 0 Å². The number of hydrogen-bond donors (Lipinski definition) is 0. The molecule has 0 aromatic heterocycles. The number of nitrogens with zero attached hydrogens (tertiary/aromatic N) is 2. The maximum Gasteiger partial charge on any atom is 0.225 e. The molecule has 0 spiro atoms. The molecule has 1 amide bonds. The topological polar surface area (TPSA) is 23.3 Å². The van der Waals surface area contributed by atoms with Crippen LogP contribution in [0.25, 0.3) is 0 Å². The molecule has 3 heterocycles. The molecule has 3 unspecified atom stereocenters. The number of carbonyl (C=O) groups excluding carboxylic acids is 1. The van der Waals surface area contributed by atoms with Gasteiger partial charge in [-0.2, -0.15) is 0 Å². The zero-order chi connectivity index (χ0) is 9.05. The van der Waals surface area contributed by atoms with Gasteiger partial charge in [-0.15, -0.1) is 0 Å². The second-order valence-corrected chi connectivity index (χ2v) is 4.80. The Bertz CT molecular complexity index is 266. The van der Waals surface area contributed by atoms with E-state index in [0.29, 0.717) is 11.9 Å². The van der Waals surface area contributed by atoms with Crippen LogP contribution in [0.1, 0.15) is 26.2 Å². The summed E-state index contributed by atoms with van der Waals surface area (Å²) in [5.41, 5.74) is 0.206. The molecule has 3 saturated heterocycles. The van der Waals surface area contributed by atoms with Crippen LogP contribution in [0.2, 0.25) is 0 Å². The Hall–Kier alpha value is -0.570. The van der Waals surface area contributed by atoms with E-state index in [-0.39, 0.29) is 5.54 Å². The van der Waals surface area contributed by atoms with Crippen molar-refractivity contribution >= 4 is 5.91 Å². The highest BCUT2D eigenvalue weighted by molar-refractivity contribution is 5.85. The SMILES string of the molecule is CC12CC(=O)N1CCCCN1CC12. The van der Waals surface area contributed by atoms with Crippen molar-refractivity contribution < 1.29 is 4.79 Å². The first-order valence-corrected chi connectivity index (χ1v) is 5.26. The lowest BCUT2D eigenvalue weighted by Gasteiger charge is -2.51. The highest BCUT2D eigenvalue weighted by Crippen LogP contribution is 2.44.